The molecule has 0 spiro atoms. The zero-order chi connectivity index (χ0) is 32.9. The Balaban J connectivity index is 1.48. The summed E-state index contributed by atoms with van der Waals surface area (Å²) in [6.07, 6.45) is 3.50. The van der Waals surface area contributed by atoms with E-state index in [1.807, 2.05) is 66.7 Å². The quantitative estimate of drug-likeness (QED) is 0.186. The van der Waals surface area contributed by atoms with Crippen molar-refractivity contribution in [1.82, 2.24) is 14.1 Å². The summed E-state index contributed by atoms with van der Waals surface area (Å²) in [5.74, 6) is 0. The monoisotopic (exact) mass is 610 g/mol. The van der Waals surface area contributed by atoms with E-state index in [9.17, 15) is 15.8 Å². The summed E-state index contributed by atoms with van der Waals surface area (Å²) in [5.41, 5.74) is 8.95. The Morgan fingerprint density at radius 1 is 0.500 bits per heavy atom. The Kier molecular flexibility index (Phi) is 6.22. The van der Waals surface area contributed by atoms with Crippen LogP contribution < -0.4 is 0 Å². The molecule has 0 aliphatic rings. The number of pyridine rings is 1. The van der Waals surface area contributed by atoms with Crippen molar-refractivity contribution in [2.75, 3.05) is 0 Å². The largest absolute Gasteiger partial charge is 0.309 e. The molecule has 8 heteroatoms. The molecule has 8 rings (SSSR count). The van der Waals surface area contributed by atoms with Gasteiger partial charge in [-0.1, -0.05) is 12.1 Å². The molecule has 0 radical (unpaired) electrons. The first kappa shape index (κ1) is 27.8. The summed E-state index contributed by atoms with van der Waals surface area (Å²) in [5, 5.41) is 32.8. The molecule has 0 amide bonds. The fraction of sp³-hybridized carbons (Fsp3) is 0. The molecule has 0 aliphatic heterocycles. The maximum Gasteiger partial charge on any atom is 0.188 e. The van der Waals surface area contributed by atoms with Crippen molar-refractivity contribution in [1.29, 1.82) is 15.8 Å². The highest BCUT2D eigenvalue weighted by Gasteiger charge is 2.21. The second kappa shape index (κ2) is 10.7. The SMILES string of the molecule is [C-]#[N+]c1ccc2c(c1)c1cc([N+]#[C-])ccc1n2-c1ccc(C#N)cc1-c1cnccc1-n1c2ccc(C#N)cc2c2cc(C#N)ccc21. The highest BCUT2D eigenvalue weighted by molar-refractivity contribution is 6.13. The van der Waals surface area contributed by atoms with E-state index in [-0.39, 0.29) is 0 Å². The van der Waals surface area contributed by atoms with Crippen molar-refractivity contribution < 1.29 is 0 Å². The van der Waals surface area contributed by atoms with Gasteiger partial charge >= 0.3 is 0 Å². The Morgan fingerprint density at radius 3 is 1.44 bits per heavy atom. The lowest BCUT2D eigenvalue weighted by Gasteiger charge is -2.18. The average molecular weight is 611 g/mol. The van der Waals surface area contributed by atoms with Crippen molar-refractivity contribution in [3.63, 3.8) is 0 Å². The highest BCUT2D eigenvalue weighted by atomic mass is 15.0. The molecule has 5 aromatic carbocycles. The molecule has 218 valence electrons. The molecule has 0 saturated carbocycles. The van der Waals surface area contributed by atoms with Gasteiger partial charge in [0.25, 0.3) is 0 Å². The Morgan fingerprint density at radius 2 is 0.938 bits per heavy atom. The van der Waals surface area contributed by atoms with Crippen molar-refractivity contribution >= 4 is 55.0 Å². The summed E-state index contributed by atoms with van der Waals surface area (Å²) in [6, 6.07) is 36.3. The van der Waals surface area contributed by atoms with Crippen molar-refractivity contribution in [3.8, 4) is 40.7 Å². The van der Waals surface area contributed by atoms with Crippen molar-refractivity contribution in [2.45, 2.75) is 0 Å². The van der Waals surface area contributed by atoms with Crippen LogP contribution in [0.2, 0.25) is 0 Å². The maximum atomic E-state index is 10.0. The van der Waals surface area contributed by atoms with E-state index >= 15 is 0 Å². The average Bonchev–Trinajstić information content (AvgIpc) is 3.65. The molecule has 0 atom stereocenters. The second-order valence-electron chi connectivity index (χ2n) is 11.2. The molecular formula is C40H18N8. The minimum atomic E-state index is 0.467. The van der Waals surface area contributed by atoms with Gasteiger partial charge in [-0.25, -0.2) is 9.69 Å². The fourth-order valence-electron chi connectivity index (χ4n) is 6.63. The molecule has 3 aromatic heterocycles. The zero-order valence-corrected chi connectivity index (χ0v) is 25.0. The van der Waals surface area contributed by atoms with Crippen LogP contribution in [-0.4, -0.2) is 14.1 Å². The van der Waals surface area contributed by atoms with E-state index in [1.54, 1.807) is 42.7 Å². The smallest absolute Gasteiger partial charge is 0.188 e. The third-order valence-corrected chi connectivity index (χ3v) is 8.71. The van der Waals surface area contributed by atoms with Gasteiger partial charge in [0.1, 0.15) is 0 Å². The summed E-state index contributed by atoms with van der Waals surface area (Å²) in [6.45, 7) is 15.2. The number of aromatic nitrogens is 3. The predicted molar refractivity (Wildman–Crippen MR) is 185 cm³/mol. The van der Waals surface area contributed by atoms with Gasteiger partial charge in [0, 0.05) is 34.3 Å². The lowest BCUT2D eigenvalue weighted by atomic mass is 10.00. The molecule has 0 aliphatic carbocycles. The van der Waals surface area contributed by atoms with E-state index in [4.69, 9.17) is 13.1 Å². The molecule has 0 N–H and O–H groups in total. The van der Waals surface area contributed by atoms with Crippen molar-refractivity contribution in [2.24, 2.45) is 0 Å². The first-order valence-electron chi connectivity index (χ1n) is 14.8. The predicted octanol–water partition coefficient (Wildman–Crippen LogP) is 9.66. The molecule has 0 bridgehead atoms. The normalized spacial score (nSPS) is 10.8. The minimum Gasteiger partial charge on any atom is -0.309 e. The second-order valence-corrected chi connectivity index (χ2v) is 11.2. The lowest BCUT2D eigenvalue weighted by Crippen LogP contribution is -2.02. The van der Waals surface area contributed by atoms with Crippen LogP contribution in [-0.2, 0) is 0 Å². The van der Waals surface area contributed by atoms with E-state index in [1.165, 1.54) is 0 Å². The topological polar surface area (TPSA) is 103 Å². The Hall–Kier alpha value is -7.70. The van der Waals surface area contributed by atoms with Crippen LogP contribution >= 0.6 is 0 Å². The summed E-state index contributed by atoms with van der Waals surface area (Å²) < 4.78 is 4.20. The van der Waals surface area contributed by atoms with Gasteiger partial charge in [-0.05, 0) is 95.7 Å². The standard InChI is InChI=1S/C40H18N8/c1-44-27-6-11-38-32(18-27)33-19-28(45-2)7-12-39(33)47(38)37-10-5-26(22-43)17-31(37)34-23-46-14-13-40(34)48-35-8-3-24(20-41)15-29(35)30-16-25(21-42)4-9-36(30)48/h3-19,23H. The number of hydrogen-bond acceptors (Lipinski definition) is 4. The highest BCUT2D eigenvalue weighted by Crippen LogP contribution is 2.42. The Bertz CT molecular complexity index is 2760. The molecule has 8 nitrogen and oxygen atoms in total. The first-order chi connectivity index (χ1) is 23.6. The van der Waals surface area contributed by atoms with Crippen LogP contribution in [0.3, 0.4) is 0 Å². The third-order valence-electron chi connectivity index (χ3n) is 8.71. The van der Waals surface area contributed by atoms with Gasteiger partial charge < -0.3 is 9.13 Å². The van der Waals surface area contributed by atoms with E-state index in [0.717, 1.165) is 66.1 Å². The van der Waals surface area contributed by atoms with Crippen LogP contribution in [0.1, 0.15) is 16.7 Å². The van der Waals surface area contributed by atoms with Crippen LogP contribution in [0.4, 0.5) is 11.4 Å². The van der Waals surface area contributed by atoms with Gasteiger partial charge in [0.15, 0.2) is 11.4 Å². The molecule has 3 heterocycles. The minimum absolute atomic E-state index is 0.467. The molecule has 48 heavy (non-hydrogen) atoms. The number of nitrogens with zero attached hydrogens (tertiary/aromatic N) is 8. The molecule has 0 fully saturated rings. The lowest BCUT2D eigenvalue weighted by molar-refractivity contribution is 1.14. The van der Waals surface area contributed by atoms with Gasteiger partial charge in [-0.15, -0.1) is 0 Å². The Labute approximate surface area is 274 Å². The summed E-state index contributed by atoms with van der Waals surface area (Å²) in [4.78, 5) is 11.8. The van der Waals surface area contributed by atoms with Gasteiger partial charge in [0.2, 0.25) is 0 Å². The summed E-state index contributed by atoms with van der Waals surface area (Å²) >= 11 is 0. The van der Waals surface area contributed by atoms with Gasteiger partial charge in [-0.2, -0.15) is 15.8 Å². The van der Waals surface area contributed by atoms with E-state index in [0.29, 0.717) is 28.1 Å². The molecule has 0 unspecified atom stereocenters. The fourth-order valence-corrected chi connectivity index (χ4v) is 6.63. The maximum absolute atomic E-state index is 10.0. The van der Waals surface area contributed by atoms with Crippen LogP contribution in [0.25, 0.3) is 75.8 Å². The zero-order valence-electron chi connectivity index (χ0n) is 25.0. The molecular weight excluding hydrogens is 592 g/mol. The van der Waals surface area contributed by atoms with E-state index in [2.05, 4.69) is 42.0 Å². The van der Waals surface area contributed by atoms with E-state index < -0.39 is 0 Å². The third kappa shape index (κ3) is 4.08. The number of rotatable bonds is 3. The number of nitriles is 3. The van der Waals surface area contributed by atoms with Crippen LogP contribution in [0.5, 0.6) is 0 Å². The van der Waals surface area contributed by atoms with Gasteiger partial charge in [-0.3, -0.25) is 4.98 Å². The first-order valence-corrected chi connectivity index (χ1v) is 14.8. The molecule has 0 saturated heterocycles. The van der Waals surface area contributed by atoms with Crippen LogP contribution in [0, 0.1) is 47.1 Å². The number of hydrogen-bond donors (Lipinski definition) is 0. The number of fused-ring (bicyclic) bond motifs is 6. The molecule has 8 aromatic rings. The summed E-state index contributed by atoms with van der Waals surface area (Å²) in [7, 11) is 0. The van der Waals surface area contributed by atoms with Crippen LogP contribution in [0.15, 0.2) is 109 Å². The van der Waals surface area contributed by atoms with Gasteiger partial charge in [0.05, 0.1) is 81.5 Å². The number of benzene rings is 5. The van der Waals surface area contributed by atoms with Crippen molar-refractivity contribution in [3.05, 3.63) is 149 Å².